The fourth-order valence-corrected chi connectivity index (χ4v) is 2.18. The molecule has 8 heteroatoms. The molecule has 1 aromatic carbocycles. The molecule has 0 radical (unpaired) electrons. The topological polar surface area (TPSA) is 49.3 Å². The SMILES string of the molecule is C=CCSc1ccc(NC(=O)[C@@](C)(O)C(F)(F)F)c(Cl)c1. The van der Waals surface area contributed by atoms with Gasteiger partial charge >= 0.3 is 6.18 Å². The Labute approximate surface area is 129 Å². The van der Waals surface area contributed by atoms with E-state index in [1.807, 2.05) is 5.32 Å². The standard InChI is InChI=1S/C13H13ClF3NO2S/c1-3-6-21-8-4-5-10(9(14)7-8)18-11(19)12(2,20)13(15,16)17/h3-5,7,20H,1,6H2,2H3,(H,18,19)/t12-/m1/s1. The molecule has 0 aliphatic carbocycles. The van der Waals surface area contributed by atoms with Gasteiger partial charge in [-0.3, -0.25) is 4.79 Å². The molecule has 1 amide bonds. The number of benzene rings is 1. The van der Waals surface area contributed by atoms with E-state index in [-0.39, 0.29) is 10.7 Å². The van der Waals surface area contributed by atoms with Crippen molar-refractivity contribution >= 4 is 35.0 Å². The highest BCUT2D eigenvalue weighted by molar-refractivity contribution is 7.99. The Kier molecular flexibility index (Phi) is 5.72. The Bertz CT molecular complexity index is 547. The van der Waals surface area contributed by atoms with Gasteiger partial charge in [-0.2, -0.15) is 13.2 Å². The van der Waals surface area contributed by atoms with Crippen molar-refractivity contribution < 1.29 is 23.1 Å². The number of alkyl halides is 3. The zero-order chi connectivity index (χ0) is 16.3. The number of nitrogens with one attached hydrogen (secondary N) is 1. The molecule has 0 spiro atoms. The maximum atomic E-state index is 12.5. The van der Waals surface area contributed by atoms with E-state index in [1.54, 1.807) is 12.1 Å². The van der Waals surface area contributed by atoms with Gasteiger partial charge in [-0.15, -0.1) is 18.3 Å². The second-order valence-electron chi connectivity index (χ2n) is 4.27. The normalized spacial score (nSPS) is 14.4. The third-order valence-electron chi connectivity index (χ3n) is 2.55. The molecule has 1 rings (SSSR count). The molecule has 1 atom stereocenters. The Hall–Kier alpha value is -1.18. The van der Waals surface area contributed by atoms with Gasteiger partial charge in [0, 0.05) is 10.6 Å². The first-order valence-corrected chi connectivity index (χ1v) is 7.09. The summed E-state index contributed by atoms with van der Waals surface area (Å²) in [6.07, 6.45) is -3.39. The molecule has 0 heterocycles. The molecule has 0 fully saturated rings. The van der Waals surface area contributed by atoms with Crippen LogP contribution in [0.5, 0.6) is 0 Å². The first-order valence-electron chi connectivity index (χ1n) is 5.73. The zero-order valence-corrected chi connectivity index (χ0v) is 12.6. The van der Waals surface area contributed by atoms with Crippen molar-refractivity contribution in [3.63, 3.8) is 0 Å². The molecule has 0 aliphatic rings. The summed E-state index contributed by atoms with van der Waals surface area (Å²) in [5.74, 6) is -0.950. The van der Waals surface area contributed by atoms with Crippen LogP contribution >= 0.6 is 23.4 Å². The fourth-order valence-electron chi connectivity index (χ4n) is 1.21. The summed E-state index contributed by atoms with van der Waals surface area (Å²) >= 11 is 7.33. The summed E-state index contributed by atoms with van der Waals surface area (Å²) in [6, 6.07) is 4.48. The molecule has 116 valence electrons. The molecule has 2 N–H and O–H groups in total. The van der Waals surface area contributed by atoms with Crippen LogP contribution in [0.25, 0.3) is 0 Å². The van der Waals surface area contributed by atoms with E-state index in [1.165, 1.54) is 23.9 Å². The number of amides is 1. The number of anilines is 1. The highest BCUT2D eigenvalue weighted by Crippen LogP contribution is 2.33. The van der Waals surface area contributed by atoms with E-state index in [0.717, 1.165) is 4.90 Å². The molecule has 3 nitrogen and oxygen atoms in total. The molecule has 0 saturated heterocycles. The van der Waals surface area contributed by atoms with Crippen LogP contribution in [0.1, 0.15) is 6.92 Å². The average Bonchev–Trinajstić information content (AvgIpc) is 2.37. The highest BCUT2D eigenvalue weighted by Gasteiger charge is 2.55. The van der Waals surface area contributed by atoms with E-state index in [0.29, 0.717) is 12.7 Å². The number of thioether (sulfide) groups is 1. The van der Waals surface area contributed by atoms with Gasteiger partial charge in [-0.25, -0.2) is 0 Å². The Morgan fingerprint density at radius 1 is 1.52 bits per heavy atom. The second-order valence-corrected chi connectivity index (χ2v) is 5.77. The number of carbonyl (C=O) groups excluding carboxylic acids is 1. The predicted molar refractivity (Wildman–Crippen MR) is 77.7 cm³/mol. The van der Waals surface area contributed by atoms with Gasteiger partial charge in [-0.1, -0.05) is 17.7 Å². The molecule has 1 aromatic rings. The number of aliphatic hydroxyl groups is 1. The smallest absolute Gasteiger partial charge is 0.373 e. The van der Waals surface area contributed by atoms with Gasteiger partial charge in [0.1, 0.15) is 0 Å². The zero-order valence-electron chi connectivity index (χ0n) is 11.0. The lowest BCUT2D eigenvalue weighted by molar-refractivity contribution is -0.242. The Balaban J connectivity index is 2.89. The third kappa shape index (κ3) is 4.39. The van der Waals surface area contributed by atoms with E-state index in [4.69, 9.17) is 11.6 Å². The number of hydrogen-bond acceptors (Lipinski definition) is 3. The van der Waals surface area contributed by atoms with Crippen LogP contribution in [0.3, 0.4) is 0 Å². The molecule has 0 unspecified atom stereocenters. The summed E-state index contributed by atoms with van der Waals surface area (Å²) in [5, 5.41) is 11.3. The van der Waals surface area contributed by atoms with Crippen molar-refractivity contribution in [2.75, 3.05) is 11.1 Å². The number of halogens is 4. The summed E-state index contributed by atoms with van der Waals surface area (Å²) in [4.78, 5) is 12.3. The number of rotatable bonds is 5. The second kappa shape index (κ2) is 6.72. The summed E-state index contributed by atoms with van der Waals surface area (Å²) in [6.45, 7) is 3.94. The summed E-state index contributed by atoms with van der Waals surface area (Å²) in [5.41, 5.74) is -3.50. The van der Waals surface area contributed by atoms with Crippen molar-refractivity contribution in [2.24, 2.45) is 0 Å². The van der Waals surface area contributed by atoms with Gasteiger partial charge in [0.2, 0.25) is 5.60 Å². The first-order chi connectivity index (χ1) is 9.59. The lowest BCUT2D eigenvalue weighted by Gasteiger charge is -2.25. The molecule has 0 saturated carbocycles. The Morgan fingerprint density at radius 3 is 2.62 bits per heavy atom. The van der Waals surface area contributed by atoms with E-state index >= 15 is 0 Å². The Morgan fingerprint density at radius 2 is 2.14 bits per heavy atom. The van der Waals surface area contributed by atoms with E-state index < -0.39 is 17.7 Å². The minimum atomic E-state index is -5.08. The van der Waals surface area contributed by atoms with Crippen LogP contribution in [-0.2, 0) is 4.79 Å². The molecule has 0 aliphatic heterocycles. The van der Waals surface area contributed by atoms with Crippen molar-refractivity contribution in [2.45, 2.75) is 23.6 Å². The molecule has 0 bridgehead atoms. The molecular weight excluding hydrogens is 327 g/mol. The number of hydrogen-bond donors (Lipinski definition) is 2. The third-order valence-corrected chi connectivity index (χ3v) is 3.85. The minimum absolute atomic E-state index is 0.00542. The quantitative estimate of drug-likeness (QED) is 0.632. The maximum absolute atomic E-state index is 12.5. The van der Waals surface area contributed by atoms with Gasteiger partial charge in [-0.05, 0) is 25.1 Å². The van der Waals surface area contributed by atoms with Crippen LogP contribution in [-0.4, -0.2) is 28.5 Å². The minimum Gasteiger partial charge on any atom is -0.373 e. The first kappa shape index (κ1) is 17.9. The predicted octanol–water partition coefficient (Wildman–Crippen LogP) is 3.87. The van der Waals surface area contributed by atoms with Gasteiger partial charge in [0.25, 0.3) is 5.91 Å². The highest BCUT2D eigenvalue weighted by atomic mass is 35.5. The average molecular weight is 340 g/mol. The summed E-state index contributed by atoms with van der Waals surface area (Å²) < 4.78 is 37.6. The number of carbonyl (C=O) groups is 1. The van der Waals surface area contributed by atoms with Crippen molar-refractivity contribution in [1.29, 1.82) is 0 Å². The van der Waals surface area contributed by atoms with Gasteiger partial charge in [0.05, 0.1) is 10.7 Å². The van der Waals surface area contributed by atoms with Crippen LogP contribution in [0.15, 0.2) is 35.7 Å². The van der Waals surface area contributed by atoms with Gasteiger partial charge < -0.3 is 10.4 Å². The summed E-state index contributed by atoms with van der Waals surface area (Å²) in [7, 11) is 0. The van der Waals surface area contributed by atoms with Crippen LogP contribution in [0, 0.1) is 0 Å². The molecular formula is C13H13ClF3NO2S. The maximum Gasteiger partial charge on any atom is 0.426 e. The van der Waals surface area contributed by atoms with Crippen molar-refractivity contribution in [1.82, 2.24) is 0 Å². The van der Waals surface area contributed by atoms with E-state index in [2.05, 4.69) is 6.58 Å². The van der Waals surface area contributed by atoms with Crippen LogP contribution in [0.4, 0.5) is 18.9 Å². The van der Waals surface area contributed by atoms with Crippen LogP contribution < -0.4 is 5.32 Å². The van der Waals surface area contributed by atoms with Crippen LogP contribution in [0.2, 0.25) is 5.02 Å². The lowest BCUT2D eigenvalue weighted by Crippen LogP contribution is -2.52. The van der Waals surface area contributed by atoms with E-state index in [9.17, 15) is 23.1 Å². The van der Waals surface area contributed by atoms with Crippen molar-refractivity contribution in [3.05, 3.63) is 35.9 Å². The largest absolute Gasteiger partial charge is 0.426 e. The molecule has 0 aromatic heterocycles. The molecule has 21 heavy (non-hydrogen) atoms. The van der Waals surface area contributed by atoms with Gasteiger partial charge in [0.15, 0.2) is 0 Å². The lowest BCUT2D eigenvalue weighted by atomic mass is 10.1. The van der Waals surface area contributed by atoms with Crippen molar-refractivity contribution in [3.8, 4) is 0 Å². The monoisotopic (exact) mass is 339 g/mol. The fraction of sp³-hybridized carbons (Fsp3) is 0.308.